The summed E-state index contributed by atoms with van der Waals surface area (Å²) in [5.41, 5.74) is 0. The van der Waals surface area contributed by atoms with Gasteiger partial charge < -0.3 is 0 Å². The zero-order valence-corrected chi connectivity index (χ0v) is 10.3. The lowest BCUT2D eigenvalue weighted by molar-refractivity contribution is -0.146. The molecule has 5 nitrogen and oxygen atoms in total. The molecule has 0 aromatic heterocycles. The van der Waals surface area contributed by atoms with Crippen LogP contribution in [0.4, 0.5) is 39.9 Å². The predicted octanol–water partition coefficient (Wildman–Crippen LogP) is 3.24. The van der Waals surface area contributed by atoms with E-state index in [0.717, 1.165) is 0 Å². The molecule has 13 heteroatoms. The van der Waals surface area contributed by atoms with Crippen LogP contribution in [-0.2, 0) is 9.59 Å². The molecule has 1 aliphatic rings. The predicted molar refractivity (Wildman–Crippen MR) is 53.6 cm³/mol. The van der Waals surface area contributed by atoms with Gasteiger partial charge >= 0.3 is 18.2 Å². The molecule has 0 aromatic carbocycles. The quantitative estimate of drug-likeness (QED) is 0.446. The van der Waals surface area contributed by atoms with Crippen molar-refractivity contribution in [3.05, 3.63) is 36.2 Å². The highest BCUT2D eigenvalue weighted by Crippen LogP contribution is 2.32. The summed E-state index contributed by atoms with van der Waals surface area (Å²) in [5, 5.41) is 0. The number of rotatable bonds is 3. The van der Waals surface area contributed by atoms with Crippen molar-refractivity contribution >= 4 is 17.8 Å². The first kappa shape index (κ1) is 18.3. The molecule has 1 rings (SSSR count). The first-order chi connectivity index (χ1) is 10.5. The van der Waals surface area contributed by atoms with Crippen molar-refractivity contribution in [2.24, 2.45) is 5.92 Å². The standard InChI is InChI=1S/C10H2F8N2O3/c11-2(12)1-19-8(21)3(4(13)5(14)15)9(22)20(10(19)23)7(18)6(16)17/h1,3H. The van der Waals surface area contributed by atoms with Gasteiger partial charge in [0.2, 0.25) is 0 Å². The van der Waals surface area contributed by atoms with Crippen LogP contribution >= 0.6 is 0 Å². The zero-order chi connectivity index (χ0) is 18.1. The molecule has 0 radical (unpaired) electrons. The van der Waals surface area contributed by atoms with E-state index in [-0.39, 0.29) is 0 Å². The van der Waals surface area contributed by atoms with Gasteiger partial charge in [-0.2, -0.15) is 35.6 Å². The molecule has 1 aliphatic heterocycles. The van der Waals surface area contributed by atoms with Crippen molar-refractivity contribution < 1.29 is 49.5 Å². The molecule has 4 amide bonds. The Morgan fingerprint density at radius 3 is 1.74 bits per heavy atom. The lowest BCUT2D eigenvalue weighted by Gasteiger charge is -2.32. The molecule has 1 fully saturated rings. The normalized spacial score (nSPS) is 18.1. The second kappa shape index (κ2) is 6.58. The molecule has 1 unspecified atom stereocenters. The number of halogens is 8. The van der Waals surface area contributed by atoms with Crippen molar-refractivity contribution in [1.82, 2.24) is 9.80 Å². The molecule has 1 saturated heterocycles. The molecule has 0 bridgehead atoms. The van der Waals surface area contributed by atoms with E-state index in [9.17, 15) is 49.5 Å². The van der Waals surface area contributed by atoms with Crippen LogP contribution in [0.2, 0.25) is 0 Å². The van der Waals surface area contributed by atoms with Crippen LogP contribution in [0.3, 0.4) is 0 Å². The molecule has 0 aliphatic carbocycles. The smallest absolute Gasteiger partial charge is 0.273 e. The third-order valence-electron chi connectivity index (χ3n) is 2.36. The fourth-order valence-electron chi connectivity index (χ4n) is 1.48. The number of hydrogen-bond donors (Lipinski definition) is 0. The molecule has 0 N–H and O–H groups in total. The fraction of sp³-hybridized carbons (Fsp3) is 0.100. The SMILES string of the molecule is O=C1C(C(F)=C(F)F)C(=O)N(C(F)=C(F)F)C(=O)N1C=C(F)F. The average molecular weight is 350 g/mol. The molecule has 1 atom stereocenters. The van der Waals surface area contributed by atoms with Crippen LogP contribution in [0.1, 0.15) is 0 Å². The van der Waals surface area contributed by atoms with Crippen LogP contribution in [0.25, 0.3) is 0 Å². The summed E-state index contributed by atoms with van der Waals surface area (Å²) in [6.07, 6.45) is -10.0. The van der Waals surface area contributed by atoms with Gasteiger partial charge in [0.15, 0.2) is 11.7 Å². The number of urea groups is 1. The summed E-state index contributed by atoms with van der Waals surface area (Å²) in [6.45, 7) is 0. The number of hydrogen-bond acceptors (Lipinski definition) is 3. The number of carbonyl (C=O) groups excluding carboxylic acids is 3. The Labute approximate surface area is 120 Å². The van der Waals surface area contributed by atoms with E-state index in [1.807, 2.05) is 0 Å². The molecular weight excluding hydrogens is 348 g/mol. The maximum Gasteiger partial charge on any atom is 0.344 e. The zero-order valence-electron chi connectivity index (χ0n) is 10.3. The highest BCUT2D eigenvalue weighted by atomic mass is 19.3. The lowest BCUT2D eigenvalue weighted by atomic mass is 10.0. The molecule has 126 valence electrons. The van der Waals surface area contributed by atoms with Gasteiger partial charge in [0.1, 0.15) is 0 Å². The number of amides is 4. The van der Waals surface area contributed by atoms with E-state index in [0.29, 0.717) is 0 Å². The minimum atomic E-state index is -3.31. The molecule has 1 heterocycles. The number of imide groups is 2. The first-order valence-electron chi connectivity index (χ1n) is 5.16. The molecular formula is C10H2F8N2O3. The van der Waals surface area contributed by atoms with Gasteiger partial charge in [0, 0.05) is 0 Å². The molecule has 0 spiro atoms. The molecule has 0 aromatic rings. The number of carbonyl (C=O) groups is 3. The second-order valence-electron chi connectivity index (χ2n) is 3.68. The fourth-order valence-corrected chi connectivity index (χ4v) is 1.48. The van der Waals surface area contributed by atoms with Gasteiger partial charge in [-0.15, -0.1) is 0 Å². The van der Waals surface area contributed by atoms with Crippen LogP contribution in [-0.4, -0.2) is 27.6 Å². The first-order valence-corrected chi connectivity index (χ1v) is 5.16. The van der Waals surface area contributed by atoms with Crippen molar-refractivity contribution in [2.45, 2.75) is 0 Å². The Balaban J connectivity index is 3.58. The van der Waals surface area contributed by atoms with Gasteiger partial charge in [-0.1, -0.05) is 0 Å². The summed E-state index contributed by atoms with van der Waals surface area (Å²) in [6, 6.07) is -2.36. The van der Waals surface area contributed by atoms with Crippen LogP contribution in [0.5, 0.6) is 0 Å². The van der Waals surface area contributed by atoms with Gasteiger partial charge in [-0.05, 0) is 0 Å². The number of barbiturate groups is 1. The van der Waals surface area contributed by atoms with Gasteiger partial charge in [0.05, 0.1) is 6.20 Å². The van der Waals surface area contributed by atoms with Gasteiger partial charge in [-0.25, -0.2) is 14.1 Å². The largest absolute Gasteiger partial charge is 0.344 e. The van der Waals surface area contributed by atoms with Crippen molar-refractivity contribution in [1.29, 1.82) is 0 Å². The van der Waals surface area contributed by atoms with Crippen molar-refractivity contribution in [2.75, 3.05) is 0 Å². The van der Waals surface area contributed by atoms with Crippen LogP contribution in [0, 0.1) is 5.92 Å². The Morgan fingerprint density at radius 2 is 1.35 bits per heavy atom. The Hall–Kier alpha value is -2.73. The van der Waals surface area contributed by atoms with E-state index in [4.69, 9.17) is 0 Å². The summed E-state index contributed by atoms with van der Waals surface area (Å²) >= 11 is 0. The van der Waals surface area contributed by atoms with Crippen molar-refractivity contribution in [3.63, 3.8) is 0 Å². The topological polar surface area (TPSA) is 57.7 Å². The van der Waals surface area contributed by atoms with Crippen LogP contribution in [0.15, 0.2) is 36.2 Å². The average Bonchev–Trinajstić information content (AvgIpc) is 2.42. The maximum atomic E-state index is 13.2. The summed E-state index contributed by atoms with van der Waals surface area (Å²) in [5.74, 6) is -13.7. The third-order valence-corrected chi connectivity index (χ3v) is 2.36. The lowest BCUT2D eigenvalue weighted by Crippen LogP contribution is -2.57. The highest BCUT2D eigenvalue weighted by molar-refractivity contribution is 6.18. The Bertz CT molecular complexity index is 613. The minimum Gasteiger partial charge on any atom is -0.273 e. The van der Waals surface area contributed by atoms with Gasteiger partial charge in [0.25, 0.3) is 23.8 Å². The van der Waals surface area contributed by atoms with Crippen molar-refractivity contribution in [3.8, 4) is 0 Å². The van der Waals surface area contributed by atoms with E-state index < -0.39 is 69.8 Å². The Morgan fingerprint density at radius 1 is 0.826 bits per heavy atom. The molecule has 0 saturated carbocycles. The maximum absolute atomic E-state index is 13.2. The summed E-state index contributed by atoms with van der Waals surface area (Å²) < 4.78 is 99.3. The summed E-state index contributed by atoms with van der Waals surface area (Å²) in [7, 11) is 0. The van der Waals surface area contributed by atoms with E-state index in [2.05, 4.69) is 0 Å². The van der Waals surface area contributed by atoms with E-state index in [1.165, 1.54) is 0 Å². The third kappa shape index (κ3) is 3.37. The molecule has 23 heavy (non-hydrogen) atoms. The monoisotopic (exact) mass is 350 g/mol. The number of nitrogens with zero attached hydrogens (tertiary/aromatic N) is 2. The van der Waals surface area contributed by atoms with Crippen LogP contribution < -0.4 is 0 Å². The van der Waals surface area contributed by atoms with E-state index >= 15 is 0 Å². The minimum absolute atomic E-state index is 0.663. The van der Waals surface area contributed by atoms with Gasteiger partial charge in [-0.3, -0.25) is 9.59 Å². The highest BCUT2D eigenvalue weighted by Gasteiger charge is 2.51. The second-order valence-corrected chi connectivity index (χ2v) is 3.68. The van der Waals surface area contributed by atoms with E-state index in [1.54, 1.807) is 0 Å². The summed E-state index contributed by atoms with van der Waals surface area (Å²) in [4.78, 5) is 32.4. The Kier molecular flexibility index (Phi) is 5.24.